The molecule has 15 heavy (non-hydrogen) atoms. The van der Waals surface area contributed by atoms with Gasteiger partial charge in [0, 0.05) is 12.7 Å². The summed E-state index contributed by atoms with van der Waals surface area (Å²) in [5.41, 5.74) is 0.367. The number of hydrogen-bond acceptors (Lipinski definition) is 2. The zero-order valence-electron chi connectivity index (χ0n) is 8.76. The first kappa shape index (κ1) is 12.1. The summed E-state index contributed by atoms with van der Waals surface area (Å²) in [6, 6.07) is 2.45. The summed E-state index contributed by atoms with van der Waals surface area (Å²) in [5.74, 6) is -1.26. The topological polar surface area (TPSA) is 29.5 Å². The van der Waals surface area contributed by atoms with Gasteiger partial charge in [0.05, 0.1) is 12.7 Å². The number of aliphatic hydroxyl groups excluding tert-OH is 1. The molecule has 0 saturated heterocycles. The molecular formula is C11H14F2O2. The molecule has 0 heterocycles. The molecule has 0 fully saturated rings. The van der Waals surface area contributed by atoms with Crippen LogP contribution in [0.2, 0.25) is 0 Å². The minimum atomic E-state index is -0.632. The lowest BCUT2D eigenvalue weighted by Crippen LogP contribution is -2.07. The zero-order valence-corrected chi connectivity index (χ0v) is 8.76. The van der Waals surface area contributed by atoms with Crippen molar-refractivity contribution in [3.8, 4) is 0 Å². The van der Waals surface area contributed by atoms with Crippen molar-refractivity contribution >= 4 is 0 Å². The quantitative estimate of drug-likeness (QED) is 0.834. The molecule has 0 spiro atoms. The fraction of sp³-hybridized carbons (Fsp3) is 0.455. The molecule has 0 radical (unpaired) electrons. The molecule has 0 aromatic heterocycles. The van der Waals surface area contributed by atoms with E-state index in [0.29, 0.717) is 5.56 Å². The Morgan fingerprint density at radius 2 is 1.87 bits per heavy atom. The summed E-state index contributed by atoms with van der Waals surface area (Å²) < 4.78 is 31.4. The highest BCUT2D eigenvalue weighted by atomic mass is 19.1. The van der Waals surface area contributed by atoms with E-state index in [1.54, 1.807) is 6.92 Å². The fourth-order valence-electron chi connectivity index (χ4n) is 1.40. The number of benzene rings is 1. The molecule has 1 rings (SSSR count). The third-order valence-electron chi connectivity index (χ3n) is 2.02. The van der Waals surface area contributed by atoms with E-state index in [4.69, 9.17) is 5.11 Å². The molecule has 1 aromatic rings. The van der Waals surface area contributed by atoms with Crippen LogP contribution in [0.4, 0.5) is 8.78 Å². The maximum Gasteiger partial charge on any atom is 0.131 e. The minimum Gasteiger partial charge on any atom is -0.393 e. The van der Waals surface area contributed by atoms with Gasteiger partial charge in [-0.2, -0.15) is 0 Å². The van der Waals surface area contributed by atoms with E-state index in [0.717, 1.165) is 0 Å². The van der Waals surface area contributed by atoms with Gasteiger partial charge in [-0.05, 0) is 31.0 Å². The third kappa shape index (κ3) is 3.25. The molecule has 1 aromatic carbocycles. The highest BCUT2D eigenvalue weighted by Gasteiger charge is 2.11. The second kappa shape index (κ2) is 5.19. The van der Waals surface area contributed by atoms with Crippen LogP contribution in [0.3, 0.4) is 0 Å². The molecule has 0 aliphatic carbocycles. The van der Waals surface area contributed by atoms with Gasteiger partial charge < -0.3 is 9.84 Å². The number of aliphatic hydroxyl groups is 1. The van der Waals surface area contributed by atoms with E-state index in [9.17, 15) is 8.78 Å². The molecule has 0 bridgehead atoms. The van der Waals surface area contributed by atoms with Crippen molar-refractivity contribution in [1.29, 1.82) is 0 Å². The highest BCUT2D eigenvalue weighted by Crippen LogP contribution is 2.17. The smallest absolute Gasteiger partial charge is 0.131 e. The predicted molar refractivity (Wildman–Crippen MR) is 52.5 cm³/mol. The van der Waals surface area contributed by atoms with Gasteiger partial charge in [0.1, 0.15) is 11.6 Å². The molecule has 0 amide bonds. The molecule has 1 N–H and O–H groups in total. The first-order valence-electron chi connectivity index (χ1n) is 4.68. The molecule has 0 aliphatic heterocycles. The summed E-state index contributed by atoms with van der Waals surface area (Å²) in [7, 11) is 1.38. The average Bonchev–Trinajstić information content (AvgIpc) is 2.10. The van der Waals surface area contributed by atoms with Crippen LogP contribution < -0.4 is 0 Å². The summed E-state index contributed by atoms with van der Waals surface area (Å²) in [6.45, 7) is 1.48. The lowest BCUT2D eigenvalue weighted by Gasteiger charge is -2.08. The van der Waals surface area contributed by atoms with E-state index < -0.39 is 17.7 Å². The summed E-state index contributed by atoms with van der Waals surface area (Å²) in [6.07, 6.45) is -0.377. The number of rotatable bonds is 4. The monoisotopic (exact) mass is 216 g/mol. The molecular weight excluding hydrogens is 202 g/mol. The van der Waals surface area contributed by atoms with Crippen LogP contribution in [0.25, 0.3) is 0 Å². The van der Waals surface area contributed by atoms with Crippen molar-refractivity contribution < 1.29 is 18.6 Å². The summed E-state index contributed by atoms with van der Waals surface area (Å²) in [5, 5.41) is 9.09. The van der Waals surface area contributed by atoms with Crippen LogP contribution in [-0.2, 0) is 17.8 Å². The fourth-order valence-corrected chi connectivity index (χ4v) is 1.40. The van der Waals surface area contributed by atoms with Crippen LogP contribution in [0, 0.1) is 11.6 Å². The maximum atomic E-state index is 13.3. The number of methoxy groups -OCH3 is 1. The van der Waals surface area contributed by atoms with Gasteiger partial charge in [0.15, 0.2) is 0 Å². The Bertz CT molecular complexity index is 314. The first-order valence-corrected chi connectivity index (χ1v) is 4.68. The Kier molecular flexibility index (Phi) is 4.17. The summed E-state index contributed by atoms with van der Waals surface area (Å²) in [4.78, 5) is 0. The summed E-state index contributed by atoms with van der Waals surface area (Å²) >= 11 is 0. The maximum absolute atomic E-state index is 13.3. The first-order chi connectivity index (χ1) is 7.04. The molecule has 0 aliphatic rings. The van der Waals surface area contributed by atoms with Crippen molar-refractivity contribution in [2.75, 3.05) is 7.11 Å². The normalized spacial score (nSPS) is 12.9. The van der Waals surface area contributed by atoms with Gasteiger partial charge in [0.2, 0.25) is 0 Å². The standard InChI is InChI=1S/C11H14F2O2/c1-7(14)3-8-4-10(12)9(6-15-2)11(13)5-8/h4-5,7,14H,3,6H2,1-2H3. The number of halogens is 2. The Hall–Kier alpha value is -1.00. The van der Waals surface area contributed by atoms with Gasteiger partial charge >= 0.3 is 0 Å². The lowest BCUT2D eigenvalue weighted by atomic mass is 10.1. The average molecular weight is 216 g/mol. The van der Waals surface area contributed by atoms with Crippen LogP contribution in [0.5, 0.6) is 0 Å². The van der Waals surface area contributed by atoms with E-state index >= 15 is 0 Å². The minimum absolute atomic E-state index is 0.0770. The van der Waals surface area contributed by atoms with Gasteiger partial charge in [-0.3, -0.25) is 0 Å². The van der Waals surface area contributed by atoms with E-state index in [1.165, 1.54) is 19.2 Å². The second-order valence-electron chi connectivity index (χ2n) is 3.52. The molecule has 84 valence electrons. The van der Waals surface area contributed by atoms with Gasteiger partial charge in [-0.1, -0.05) is 0 Å². The Labute approximate surface area is 87.5 Å². The van der Waals surface area contributed by atoms with Crippen LogP contribution in [-0.4, -0.2) is 18.3 Å². The third-order valence-corrected chi connectivity index (χ3v) is 2.02. The van der Waals surface area contributed by atoms with E-state index in [1.807, 2.05) is 0 Å². The van der Waals surface area contributed by atoms with Gasteiger partial charge in [-0.15, -0.1) is 0 Å². The lowest BCUT2D eigenvalue weighted by molar-refractivity contribution is 0.177. The molecule has 0 saturated carbocycles. The SMILES string of the molecule is COCc1c(F)cc(CC(C)O)cc1F. The Morgan fingerprint density at radius 3 is 2.27 bits per heavy atom. The Balaban J connectivity index is 2.97. The van der Waals surface area contributed by atoms with Crippen molar-refractivity contribution in [3.63, 3.8) is 0 Å². The van der Waals surface area contributed by atoms with Crippen molar-refractivity contribution in [3.05, 3.63) is 34.9 Å². The highest BCUT2D eigenvalue weighted by molar-refractivity contribution is 5.26. The van der Waals surface area contributed by atoms with Gasteiger partial charge in [-0.25, -0.2) is 8.78 Å². The molecule has 2 nitrogen and oxygen atoms in total. The molecule has 4 heteroatoms. The zero-order chi connectivity index (χ0) is 11.4. The Morgan fingerprint density at radius 1 is 1.33 bits per heavy atom. The van der Waals surface area contributed by atoms with Crippen molar-refractivity contribution in [1.82, 2.24) is 0 Å². The van der Waals surface area contributed by atoms with Gasteiger partial charge in [0.25, 0.3) is 0 Å². The second-order valence-corrected chi connectivity index (χ2v) is 3.52. The predicted octanol–water partition coefficient (Wildman–Crippen LogP) is 2.03. The van der Waals surface area contributed by atoms with Crippen molar-refractivity contribution in [2.24, 2.45) is 0 Å². The van der Waals surface area contributed by atoms with E-state index in [-0.39, 0.29) is 18.6 Å². The van der Waals surface area contributed by atoms with E-state index in [2.05, 4.69) is 4.74 Å². The number of hydrogen-bond donors (Lipinski definition) is 1. The van der Waals surface area contributed by atoms with Crippen LogP contribution in [0.1, 0.15) is 18.1 Å². The van der Waals surface area contributed by atoms with Crippen LogP contribution >= 0.6 is 0 Å². The molecule has 1 unspecified atom stereocenters. The largest absolute Gasteiger partial charge is 0.393 e. The van der Waals surface area contributed by atoms with Crippen molar-refractivity contribution in [2.45, 2.75) is 26.1 Å². The number of ether oxygens (including phenoxy) is 1. The van der Waals surface area contributed by atoms with Crippen LogP contribution in [0.15, 0.2) is 12.1 Å². The molecule has 1 atom stereocenters.